The van der Waals surface area contributed by atoms with Gasteiger partial charge in [0, 0.05) is 11.8 Å². The van der Waals surface area contributed by atoms with Gasteiger partial charge in [0.2, 0.25) is 0 Å². The lowest BCUT2D eigenvalue weighted by molar-refractivity contribution is 0.0697. The largest absolute Gasteiger partial charge is 0.478 e. The molecule has 0 radical (unpaired) electrons. The van der Waals surface area contributed by atoms with E-state index in [1.54, 1.807) is 18.3 Å². The van der Waals surface area contributed by atoms with Crippen molar-refractivity contribution in [3.8, 4) is 11.3 Å². The van der Waals surface area contributed by atoms with Gasteiger partial charge in [-0.2, -0.15) is 0 Å². The Morgan fingerprint density at radius 3 is 2.59 bits per heavy atom. The zero-order valence-electron chi connectivity index (χ0n) is 12.5. The monoisotopic (exact) mass is 296 g/mol. The Morgan fingerprint density at radius 2 is 1.91 bits per heavy atom. The molecule has 1 aromatic heterocycles. The van der Waals surface area contributed by atoms with Crippen LogP contribution in [0.2, 0.25) is 0 Å². The van der Waals surface area contributed by atoms with Crippen molar-refractivity contribution in [3.63, 3.8) is 0 Å². The van der Waals surface area contributed by atoms with E-state index in [2.05, 4.69) is 16.4 Å². The van der Waals surface area contributed by atoms with Crippen LogP contribution in [0.4, 0.5) is 0 Å². The lowest BCUT2D eigenvalue weighted by Gasteiger charge is -2.23. The molecule has 0 amide bonds. The predicted octanol–water partition coefficient (Wildman–Crippen LogP) is 2.99. The van der Waals surface area contributed by atoms with Crippen molar-refractivity contribution in [2.75, 3.05) is 13.1 Å². The zero-order valence-corrected chi connectivity index (χ0v) is 12.5. The van der Waals surface area contributed by atoms with Gasteiger partial charge in [0.05, 0.1) is 11.3 Å². The first-order chi connectivity index (χ1) is 10.7. The highest BCUT2D eigenvalue weighted by Gasteiger charge is 2.16. The minimum atomic E-state index is -0.900. The summed E-state index contributed by atoms with van der Waals surface area (Å²) in [6.45, 7) is 2.18. The second-order valence-corrected chi connectivity index (χ2v) is 5.79. The number of hydrogen-bond donors (Lipinski definition) is 2. The minimum Gasteiger partial charge on any atom is -0.478 e. The highest BCUT2D eigenvalue weighted by atomic mass is 16.4. The van der Waals surface area contributed by atoms with Crippen LogP contribution < -0.4 is 5.32 Å². The molecule has 0 bridgehead atoms. The van der Waals surface area contributed by atoms with E-state index >= 15 is 0 Å². The molecule has 0 aliphatic carbocycles. The average molecular weight is 296 g/mol. The Balaban J connectivity index is 1.85. The van der Waals surface area contributed by atoms with Crippen LogP contribution in [0.15, 0.2) is 42.6 Å². The molecule has 1 saturated heterocycles. The molecule has 2 aromatic rings. The number of hydrogen-bond acceptors (Lipinski definition) is 3. The third-order valence-corrected chi connectivity index (χ3v) is 4.26. The van der Waals surface area contributed by atoms with E-state index in [1.807, 2.05) is 18.2 Å². The summed E-state index contributed by atoms with van der Waals surface area (Å²) in [6.07, 6.45) is 5.23. The molecule has 0 spiro atoms. The number of aromatic carboxylic acids is 1. The molecule has 22 heavy (non-hydrogen) atoms. The van der Waals surface area contributed by atoms with Crippen molar-refractivity contribution in [3.05, 3.63) is 53.7 Å². The van der Waals surface area contributed by atoms with Crippen molar-refractivity contribution in [1.29, 1.82) is 0 Å². The van der Waals surface area contributed by atoms with E-state index in [1.165, 1.54) is 18.4 Å². The van der Waals surface area contributed by atoms with Crippen molar-refractivity contribution in [2.24, 2.45) is 5.92 Å². The Kier molecular flexibility index (Phi) is 4.49. The summed E-state index contributed by atoms with van der Waals surface area (Å²) >= 11 is 0. The summed E-state index contributed by atoms with van der Waals surface area (Å²) in [4.78, 5) is 15.5. The lowest BCUT2D eigenvalue weighted by atomic mass is 9.89. The van der Waals surface area contributed by atoms with E-state index in [9.17, 15) is 4.79 Å². The summed E-state index contributed by atoms with van der Waals surface area (Å²) in [5.74, 6) is -0.204. The molecule has 1 aliphatic rings. The molecular formula is C18H20N2O2. The van der Waals surface area contributed by atoms with Gasteiger partial charge in [-0.05, 0) is 62.0 Å². The van der Waals surface area contributed by atoms with Crippen LogP contribution in [0.3, 0.4) is 0 Å². The molecule has 2 heterocycles. The van der Waals surface area contributed by atoms with Crippen LogP contribution in [-0.2, 0) is 6.42 Å². The molecule has 3 rings (SSSR count). The molecule has 0 unspecified atom stereocenters. The molecule has 4 heteroatoms. The lowest BCUT2D eigenvalue weighted by Crippen LogP contribution is -2.28. The zero-order chi connectivity index (χ0) is 15.4. The number of nitrogens with one attached hydrogen (secondary N) is 1. The van der Waals surface area contributed by atoms with E-state index in [-0.39, 0.29) is 0 Å². The predicted molar refractivity (Wildman–Crippen MR) is 85.9 cm³/mol. The molecule has 1 aliphatic heterocycles. The summed E-state index contributed by atoms with van der Waals surface area (Å²) < 4.78 is 0. The van der Waals surface area contributed by atoms with Crippen LogP contribution in [-0.4, -0.2) is 29.1 Å². The Morgan fingerprint density at radius 1 is 1.18 bits per heavy atom. The van der Waals surface area contributed by atoms with Crippen molar-refractivity contribution in [2.45, 2.75) is 19.3 Å². The standard InChI is InChI=1S/C18H20N2O2/c21-18(22)15-5-3-14(4-6-15)17-16(2-1-9-20-17)12-13-7-10-19-11-8-13/h1-6,9,13,19H,7-8,10-12H2,(H,21,22). The van der Waals surface area contributed by atoms with Crippen LogP contribution in [0.1, 0.15) is 28.8 Å². The first kappa shape index (κ1) is 14.7. The fraction of sp³-hybridized carbons (Fsp3) is 0.333. The molecule has 0 atom stereocenters. The number of carboxylic acid groups (broad SMARTS) is 1. The van der Waals surface area contributed by atoms with E-state index in [4.69, 9.17) is 5.11 Å². The number of nitrogens with zero attached hydrogens (tertiary/aromatic N) is 1. The summed E-state index contributed by atoms with van der Waals surface area (Å²) in [6, 6.07) is 11.1. The third kappa shape index (κ3) is 3.34. The van der Waals surface area contributed by atoms with E-state index in [0.717, 1.165) is 30.8 Å². The van der Waals surface area contributed by atoms with Crippen LogP contribution in [0.25, 0.3) is 11.3 Å². The van der Waals surface area contributed by atoms with Gasteiger partial charge in [-0.15, -0.1) is 0 Å². The van der Waals surface area contributed by atoms with Crippen LogP contribution >= 0.6 is 0 Å². The fourth-order valence-corrected chi connectivity index (χ4v) is 3.03. The topological polar surface area (TPSA) is 62.2 Å². The Labute approximate surface area is 130 Å². The molecule has 4 nitrogen and oxygen atoms in total. The molecule has 1 fully saturated rings. The van der Waals surface area contributed by atoms with Gasteiger partial charge in [-0.25, -0.2) is 4.79 Å². The van der Waals surface area contributed by atoms with E-state index < -0.39 is 5.97 Å². The summed E-state index contributed by atoms with van der Waals surface area (Å²) in [5.41, 5.74) is 3.50. The maximum absolute atomic E-state index is 11.0. The van der Waals surface area contributed by atoms with Crippen molar-refractivity contribution < 1.29 is 9.90 Å². The second kappa shape index (κ2) is 6.71. The van der Waals surface area contributed by atoms with Gasteiger partial charge in [-0.3, -0.25) is 4.98 Å². The first-order valence-electron chi connectivity index (χ1n) is 7.72. The van der Waals surface area contributed by atoms with Gasteiger partial charge in [0.1, 0.15) is 0 Å². The highest BCUT2D eigenvalue weighted by molar-refractivity contribution is 5.88. The molecule has 2 N–H and O–H groups in total. The normalized spacial score (nSPS) is 15.6. The van der Waals surface area contributed by atoms with Crippen molar-refractivity contribution >= 4 is 5.97 Å². The molecular weight excluding hydrogens is 276 g/mol. The fourth-order valence-electron chi connectivity index (χ4n) is 3.03. The Bertz CT molecular complexity index is 646. The second-order valence-electron chi connectivity index (χ2n) is 5.79. The quantitative estimate of drug-likeness (QED) is 0.910. The number of pyridine rings is 1. The number of rotatable bonds is 4. The van der Waals surface area contributed by atoms with Crippen LogP contribution in [0.5, 0.6) is 0 Å². The maximum Gasteiger partial charge on any atom is 0.335 e. The highest BCUT2D eigenvalue weighted by Crippen LogP contribution is 2.26. The Hall–Kier alpha value is -2.20. The number of benzene rings is 1. The van der Waals surface area contributed by atoms with Gasteiger partial charge in [0.15, 0.2) is 0 Å². The van der Waals surface area contributed by atoms with E-state index in [0.29, 0.717) is 11.5 Å². The van der Waals surface area contributed by atoms with Gasteiger partial charge in [-0.1, -0.05) is 18.2 Å². The number of aromatic nitrogens is 1. The minimum absolute atomic E-state index is 0.305. The number of carbonyl (C=O) groups is 1. The smallest absolute Gasteiger partial charge is 0.335 e. The SMILES string of the molecule is O=C(O)c1ccc(-c2ncccc2CC2CCNCC2)cc1. The maximum atomic E-state index is 11.0. The van der Waals surface area contributed by atoms with Crippen molar-refractivity contribution in [1.82, 2.24) is 10.3 Å². The third-order valence-electron chi connectivity index (χ3n) is 4.26. The molecule has 1 aromatic carbocycles. The molecule has 114 valence electrons. The number of piperidine rings is 1. The van der Waals surface area contributed by atoms with Crippen LogP contribution in [0, 0.1) is 5.92 Å². The number of carboxylic acids is 1. The summed E-state index contributed by atoms with van der Waals surface area (Å²) in [7, 11) is 0. The van der Waals surface area contributed by atoms with Gasteiger partial charge >= 0.3 is 5.97 Å². The average Bonchev–Trinajstić information content (AvgIpc) is 2.56. The van der Waals surface area contributed by atoms with Gasteiger partial charge < -0.3 is 10.4 Å². The first-order valence-corrected chi connectivity index (χ1v) is 7.72. The molecule has 0 saturated carbocycles. The van der Waals surface area contributed by atoms with Gasteiger partial charge in [0.25, 0.3) is 0 Å². The summed E-state index contributed by atoms with van der Waals surface area (Å²) in [5, 5.41) is 12.4.